The Hall–Kier alpha value is -0.160. The number of ether oxygens (including phenoxy) is 2. The summed E-state index contributed by atoms with van der Waals surface area (Å²) < 4.78 is 11.0. The minimum atomic E-state index is 0.305. The van der Waals surface area contributed by atoms with Gasteiger partial charge in [0.25, 0.3) is 0 Å². The van der Waals surface area contributed by atoms with Gasteiger partial charge >= 0.3 is 0 Å². The summed E-state index contributed by atoms with van der Waals surface area (Å²) in [6.07, 6.45) is 0.305. The van der Waals surface area contributed by atoms with Crippen LogP contribution in [-0.2, 0) is 9.47 Å². The summed E-state index contributed by atoms with van der Waals surface area (Å²) >= 11 is 0. The van der Waals surface area contributed by atoms with E-state index in [0.717, 1.165) is 39.4 Å². The zero-order valence-electron chi connectivity index (χ0n) is 11.7. The van der Waals surface area contributed by atoms with Crippen LogP contribution < -0.4 is 5.32 Å². The molecule has 102 valence electrons. The van der Waals surface area contributed by atoms with Crippen molar-refractivity contribution in [3.05, 3.63) is 0 Å². The highest BCUT2D eigenvalue weighted by molar-refractivity contribution is 4.81. The lowest BCUT2D eigenvalue weighted by Gasteiger charge is -2.37. The number of hydrogen-bond acceptors (Lipinski definition) is 4. The second-order valence-corrected chi connectivity index (χ2v) is 5.24. The molecule has 0 aromatic rings. The van der Waals surface area contributed by atoms with Crippen molar-refractivity contribution in [2.75, 3.05) is 46.5 Å². The van der Waals surface area contributed by atoms with Crippen LogP contribution in [0.2, 0.25) is 0 Å². The molecule has 1 N–H and O–H groups in total. The molecule has 0 aromatic heterocycles. The van der Waals surface area contributed by atoms with Crippen LogP contribution in [0.5, 0.6) is 0 Å². The highest BCUT2D eigenvalue weighted by Gasteiger charge is 2.26. The molecule has 0 aliphatic carbocycles. The molecule has 0 aromatic carbocycles. The minimum absolute atomic E-state index is 0.305. The summed E-state index contributed by atoms with van der Waals surface area (Å²) in [5.41, 5.74) is 0. The fourth-order valence-corrected chi connectivity index (χ4v) is 2.27. The van der Waals surface area contributed by atoms with Crippen molar-refractivity contribution in [1.82, 2.24) is 10.2 Å². The molecule has 1 heterocycles. The maximum Gasteiger partial charge on any atom is 0.0852 e. The zero-order valence-corrected chi connectivity index (χ0v) is 11.7. The lowest BCUT2D eigenvalue weighted by Crippen LogP contribution is -2.52. The summed E-state index contributed by atoms with van der Waals surface area (Å²) in [6.45, 7) is 12.4. The van der Waals surface area contributed by atoms with Gasteiger partial charge < -0.3 is 14.8 Å². The van der Waals surface area contributed by atoms with Gasteiger partial charge in [-0.15, -0.1) is 0 Å². The van der Waals surface area contributed by atoms with Crippen LogP contribution in [0.25, 0.3) is 0 Å². The van der Waals surface area contributed by atoms with E-state index in [1.165, 1.54) is 0 Å². The van der Waals surface area contributed by atoms with Gasteiger partial charge in [-0.05, 0) is 12.8 Å². The van der Waals surface area contributed by atoms with E-state index in [2.05, 4.69) is 31.0 Å². The topological polar surface area (TPSA) is 33.7 Å². The van der Waals surface area contributed by atoms with E-state index >= 15 is 0 Å². The third-order valence-corrected chi connectivity index (χ3v) is 3.25. The fourth-order valence-electron chi connectivity index (χ4n) is 2.27. The highest BCUT2D eigenvalue weighted by atomic mass is 16.5. The molecular weight excluding hydrogens is 216 g/mol. The number of hydrogen-bond donors (Lipinski definition) is 1. The van der Waals surface area contributed by atoms with Gasteiger partial charge in [-0.25, -0.2) is 0 Å². The van der Waals surface area contributed by atoms with Crippen molar-refractivity contribution >= 4 is 0 Å². The Morgan fingerprint density at radius 3 is 2.71 bits per heavy atom. The van der Waals surface area contributed by atoms with Gasteiger partial charge in [0.05, 0.1) is 19.3 Å². The van der Waals surface area contributed by atoms with Crippen LogP contribution in [0.3, 0.4) is 0 Å². The Morgan fingerprint density at radius 1 is 1.41 bits per heavy atom. The van der Waals surface area contributed by atoms with Crippen LogP contribution >= 0.6 is 0 Å². The molecule has 0 bridgehead atoms. The third kappa shape index (κ3) is 5.34. The first-order valence-corrected chi connectivity index (χ1v) is 6.70. The fraction of sp³-hybridized carbons (Fsp3) is 1.00. The van der Waals surface area contributed by atoms with Gasteiger partial charge in [0.1, 0.15) is 0 Å². The number of nitrogens with one attached hydrogen (secondary N) is 1. The molecule has 2 unspecified atom stereocenters. The predicted molar refractivity (Wildman–Crippen MR) is 70.4 cm³/mol. The number of morpholine rings is 1. The smallest absolute Gasteiger partial charge is 0.0852 e. The molecule has 0 spiro atoms. The minimum Gasteiger partial charge on any atom is -0.383 e. The van der Waals surface area contributed by atoms with Gasteiger partial charge in [-0.2, -0.15) is 0 Å². The molecule has 1 aliphatic rings. The first-order chi connectivity index (χ1) is 8.15. The van der Waals surface area contributed by atoms with E-state index in [9.17, 15) is 0 Å². The molecule has 0 radical (unpaired) electrons. The average Bonchev–Trinajstić information content (AvgIpc) is 2.34. The van der Waals surface area contributed by atoms with Crippen molar-refractivity contribution in [2.24, 2.45) is 5.92 Å². The standard InChI is InChI=1S/C13H28N2O2/c1-11(2)10-15(6-8-16-4)12(3)13-9-14-5-7-17-13/h11-14H,5-10H2,1-4H3. The molecule has 1 rings (SSSR count). The molecule has 1 fully saturated rings. The van der Waals surface area contributed by atoms with Crippen molar-refractivity contribution in [1.29, 1.82) is 0 Å². The van der Waals surface area contributed by atoms with E-state index in [1.54, 1.807) is 7.11 Å². The summed E-state index contributed by atoms with van der Waals surface area (Å²) in [5.74, 6) is 0.672. The molecule has 4 nitrogen and oxygen atoms in total. The van der Waals surface area contributed by atoms with E-state index in [0.29, 0.717) is 18.1 Å². The summed E-state index contributed by atoms with van der Waals surface area (Å²) in [4.78, 5) is 2.48. The first-order valence-electron chi connectivity index (χ1n) is 6.70. The molecule has 0 amide bonds. The highest BCUT2D eigenvalue weighted by Crippen LogP contribution is 2.12. The SMILES string of the molecule is COCCN(CC(C)C)C(C)C1CNCCO1. The third-order valence-electron chi connectivity index (χ3n) is 3.25. The van der Waals surface area contributed by atoms with E-state index < -0.39 is 0 Å². The van der Waals surface area contributed by atoms with Crippen molar-refractivity contribution in [3.8, 4) is 0 Å². The molecule has 1 aliphatic heterocycles. The zero-order chi connectivity index (χ0) is 12.7. The van der Waals surface area contributed by atoms with Gasteiger partial charge in [0, 0.05) is 39.3 Å². The number of rotatable bonds is 7. The summed E-state index contributed by atoms with van der Waals surface area (Å²) in [6, 6.07) is 0.445. The van der Waals surface area contributed by atoms with Gasteiger partial charge in [0.2, 0.25) is 0 Å². The normalized spacial score (nSPS) is 23.3. The van der Waals surface area contributed by atoms with Crippen molar-refractivity contribution < 1.29 is 9.47 Å². The molecule has 2 atom stereocenters. The van der Waals surface area contributed by atoms with Crippen LogP contribution in [0.4, 0.5) is 0 Å². The Kier molecular flexibility index (Phi) is 7.04. The van der Waals surface area contributed by atoms with Gasteiger partial charge in [-0.3, -0.25) is 4.90 Å². The van der Waals surface area contributed by atoms with Crippen LogP contribution in [0.15, 0.2) is 0 Å². The lowest BCUT2D eigenvalue weighted by atomic mass is 10.1. The molecular formula is C13H28N2O2. The van der Waals surface area contributed by atoms with Gasteiger partial charge in [-0.1, -0.05) is 13.8 Å². The van der Waals surface area contributed by atoms with Crippen molar-refractivity contribution in [3.63, 3.8) is 0 Å². The average molecular weight is 244 g/mol. The first kappa shape index (κ1) is 14.9. The molecule has 1 saturated heterocycles. The van der Waals surface area contributed by atoms with Crippen LogP contribution in [0, 0.1) is 5.92 Å². The Bertz CT molecular complexity index is 194. The maximum absolute atomic E-state index is 5.84. The second kappa shape index (κ2) is 8.03. The molecule has 4 heteroatoms. The van der Waals surface area contributed by atoms with Crippen LogP contribution in [-0.4, -0.2) is 63.5 Å². The molecule has 0 saturated carbocycles. The Labute approximate surface area is 106 Å². The van der Waals surface area contributed by atoms with E-state index in [4.69, 9.17) is 9.47 Å². The summed E-state index contributed by atoms with van der Waals surface area (Å²) in [5, 5.41) is 3.40. The Balaban J connectivity index is 2.47. The number of methoxy groups -OCH3 is 1. The predicted octanol–water partition coefficient (Wildman–Crippen LogP) is 0.968. The number of nitrogens with zero attached hydrogens (tertiary/aromatic N) is 1. The second-order valence-electron chi connectivity index (χ2n) is 5.24. The summed E-state index contributed by atoms with van der Waals surface area (Å²) in [7, 11) is 1.76. The lowest BCUT2D eigenvalue weighted by molar-refractivity contribution is -0.0331. The van der Waals surface area contributed by atoms with Crippen molar-refractivity contribution in [2.45, 2.75) is 32.9 Å². The van der Waals surface area contributed by atoms with Crippen LogP contribution in [0.1, 0.15) is 20.8 Å². The monoisotopic (exact) mass is 244 g/mol. The Morgan fingerprint density at radius 2 is 2.18 bits per heavy atom. The molecule has 17 heavy (non-hydrogen) atoms. The maximum atomic E-state index is 5.84. The van der Waals surface area contributed by atoms with E-state index in [-0.39, 0.29) is 0 Å². The van der Waals surface area contributed by atoms with Gasteiger partial charge in [0.15, 0.2) is 0 Å². The quantitative estimate of drug-likeness (QED) is 0.723. The largest absolute Gasteiger partial charge is 0.383 e. The van der Waals surface area contributed by atoms with E-state index in [1.807, 2.05) is 0 Å².